The Labute approximate surface area is 166 Å². The van der Waals surface area contributed by atoms with Crippen LogP contribution in [-0.4, -0.2) is 33.0 Å². The van der Waals surface area contributed by atoms with Gasteiger partial charge in [-0.1, -0.05) is 37.3 Å². The molecule has 0 fully saturated rings. The Balaban J connectivity index is 1.96. The summed E-state index contributed by atoms with van der Waals surface area (Å²) in [4.78, 5) is 33.9. The fourth-order valence-corrected chi connectivity index (χ4v) is 3.85. The maximum Gasteiger partial charge on any atom is 0.326 e. The van der Waals surface area contributed by atoms with Crippen molar-refractivity contribution >= 4 is 39.2 Å². The first-order valence-corrected chi connectivity index (χ1v) is 9.88. The molecule has 3 aromatic rings. The third kappa shape index (κ3) is 4.83. The van der Waals surface area contributed by atoms with Crippen LogP contribution in [0.3, 0.4) is 0 Å². The Bertz CT molecular complexity index is 988. The monoisotopic (exact) mass is 398 g/mol. The van der Waals surface area contributed by atoms with E-state index in [0.29, 0.717) is 18.1 Å². The van der Waals surface area contributed by atoms with Gasteiger partial charge in [-0.2, -0.15) is 0 Å². The van der Waals surface area contributed by atoms with Gasteiger partial charge in [-0.25, -0.2) is 14.8 Å². The highest BCUT2D eigenvalue weighted by molar-refractivity contribution is 7.18. The van der Waals surface area contributed by atoms with Gasteiger partial charge in [0.2, 0.25) is 5.91 Å². The predicted molar refractivity (Wildman–Crippen MR) is 110 cm³/mol. The summed E-state index contributed by atoms with van der Waals surface area (Å²) in [5, 5.41) is 13.3. The number of hydrogen-bond acceptors (Lipinski definition) is 6. The van der Waals surface area contributed by atoms with Crippen LogP contribution in [0.5, 0.6) is 0 Å². The fourth-order valence-electron chi connectivity index (χ4n) is 2.87. The molecule has 7 nitrogen and oxygen atoms in total. The summed E-state index contributed by atoms with van der Waals surface area (Å²) >= 11 is 1.58. The number of primary amides is 1. The van der Waals surface area contributed by atoms with Crippen molar-refractivity contribution in [2.75, 3.05) is 5.32 Å². The van der Waals surface area contributed by atoms with E-state index in [9.17, 15) is 14.7 Å². The van der Waals surface area contributed by atoms with Crippen LogP contribution in [0.25, 0.3) is 10.2 Å². The summed E-state index contributed by atoms with van der Waals surface area (Å²) in [6, 6.07) is 10.9. The zero-order valence-corrected chi connectivity index (χ0v) is 16.3. The molecule has 0 aliphatic rings. The molecular formula is C20H22N4O3S. The molecule has 2 aromatic heterocycles. The summed E-state index contributed by atoms with van der Waals surface area (Å²) in [6.45, 7) is 2.06. The van der Waals surface area contributed by atoms with Crippen LogP contribution in [0.15, 0.2) is 36.4 Å². The summed E-state index contributed by atoms with van der Waals surface area (Å²) < 4.78 is 0. The Morgan fingerprint density at radius 3 is 2.64 bits per heavy atom. The van der Waals surface area contributed by atoms with Crippen molar-refractivity contribution in [3.63, 3.8) is 0 Å². The summed E-state index contributed by atoms with van der Waals surface area (Å²) in [6.07, 6.45) is 1.48. The molecule has 0 aliphatic heterocycles. The first kappa shape index (κ1) is 19.8. The van der Waals surface area contributed by atoms with Gasteiger partial charge in [0, 0.05) is 17.7 Å². The maximum absolute atomic E-state index is 11.6. The highest BCUT2D eigenvalue weighted by Gasteiger charge is 2.21. The number of benzene rings is 1. The molecule has 1 unspecified atom stereocenters. The van der Waals surface area contributed by atoms with E-state index in [0.717, 1.165) is 27.1 Å². The number of carbonyl (C=O) groups excluding carboxylic acids is 1. The molecule has 1 aromatic carbocycles. The van der Waals surface area contributed by atoms with Crippen LogP contribution in [0.1, 0.15) is 36.0 Å². The largest absolute Gasteiger partial charge is 0.480 e. The topological polar surface area (TPSA) is 118 Å². The van der Waals surface area contributed by atoms with E-state index in [1.165, 1.54) is 0 Å². The number of fused-ring (bicyclic) bond motifs is 1. The third-order valence-electron chi connectivity index (χ3n) is 4.33. The Kier molecular flexibility index (Phi) is 6.20. The number of hydrogen-bond donors (Lipinski definition) is 3. The van der Waals surface area contributed by atoms with Crippen LogP contribution < -0.4 is 11.1 Å². The highest BCUT2D eigenvalue weighted by atomic mass is 32.1. The number of carbonyl (C=O) groups is 2. The van der Waals surface area contributed by atoms with Gasteiger partial charge in [0.05, 0.1) is 5.39 Å². The molecule has 4 N–H and O–H groups in total. The van der Waals surface area contributed by atoms with Gasteiger partial charge >= 0.3 is 5.97 Å². The zero-order valence-electron chi connectivity index (χ0n) is 15.5. The second kappa shape index (κ2) is 8.79. The Hall–Kier alpha value is -3.00. The van der Waals surface area contributed by atoms with Crippen molar-refractivity contribution in [2.45, 2.75) is 38.6 Å². The Morgan fingerprint density at radius 2 is 2.00 bits per heavy atom. The molecule has 1 amide bonds. The fraction of sp³-hybridized carbons (Fsp3) is 0.300. The van der Waals surface area contributed by atoms with Gasteiger partial charge in [-0.15, -0.1) is 11.3 Å². The number of anilines is 1. The van der Waals surface area contributed by atoms with Gasteiger partial charge in [-0.05, 0) is 24.5 Å². The van der Waals surface area contributed by atoms with Crippen LogP contribution in [-0.2, 0) is 22.4 Å². The number of aryl methyl sites for hydroxylation is 1. The van der Waals surface area contributed by atoms with E-state index in [2.05, 4.69) is 22.2 Å². The van der Waals surface area contributed by atoms with E-state index in [-0.39, 0.29) is 12.8 Å². The molecule has 3 rings (SSSR count). The highest BCUT2D eigenvalue weighted by Crippen LogP contribution is 2.30. The maximum atomic E-state index is 11.6. The molecule has 0 radical (unpaired) electrons. The van der Waals surface area contributed by atoms with Crippen molar-refractivity contribution in [3.05, 3.63) is 52.7 Å². The lowest BCUT2D eigenvalue weighted by atomic mass is 10.1. The molecule has 8 heteroatoms. The molecule has 0 aliphatic carbocycles. The van der Waals surface area contributed by atoms with E-state index in [1.807, 2.05) is 36.4 Å². The number of nitrogens with zero attached hydrogens (tertiary/aromatic N) is 2. The van der Waals surface area contributed by atoms with Gasteiger partial charge < -0.3 is 16.2 Å². The average Bonchev–Trinajstić information content (AvgIpc) is 3.09. The minimum atomic E-state index is -1.05. The first-order chi connectivity index (χ1) is 13.5. The van der Waals surface area contributed by atoms with E-state index in [4.69, 9.17) is 5.73 Å². The smallest absolute Gasteiger partial charge is 0.326 e. The van der Waals surface area contributed by atoms with Crippen molar-refractivity contribution < 1.29 is 14.7 Å². The molecule has 0 bridgehead atoms. The van der Waals surface area contributed by atoms with Gasteiger partial charge in [-0.3, -0.25) is 4.79 Å². The number of aromatic nitrogens is 2. The summed E-state index contributed by atoms with van der Waals surface area (Å²) in [5.41, 5.74) is 6.25. The second-order valence-corrected chi connectivity index (χ2v) is 7.59. The normalized spacial score (nSPS) is 12.0. The van der Waals surface area contributed by atoms with Crippen LogP contribution in [0.2, 0.25) is 0 Å². The molecule has 0 saturated heterocycles. The van der Waals surface area contributed by atoms with Crippen LogP contribution in [0, 0.1) is 0 Å². The molecule has 2 heterocycles. The molecule has 28 heavy (non-hydrogen) atoms. The van der Waals surface area contributed by atoms with Gasteiger partial charge in [0.1, 0.15) is 22.5 Å². The Morgan fingerprint density at radius 1 is 1.25 bits per heavy atom. The molecule has 0 spiro atoms. The van der Waals surface area contributed by atoms with Crippen molar-refractivity contribution in [3.8, 4) is 0 Å². The number of carboxylic acid groups (broad SMARTS) is 1. The zero-order chi connectivity index (χ0) is 20.1. The number of nitrogens with two attached hydrogens (primary N) is 1. The van der Waals surface area contributed by atoms with Gasteiger partial charge in [0.15, 0.2) is 0 Å². The standard InChI is InChI=1S/C20H22N4O3S/c1-2-13-11-14-18(22-15(20(26)27)8-9-16(21)25)23-17(24-19(14)28-13)10-12-6-4-3-5-7-12/h3-7,11,15H,2,8-10H2,1H3,(H2,21,25)(H,26,27)(H,22,23,24). The van der Waals surface area contributed by atoms with E-state index >= 15 is 0 Å². The molecule has 0 saturated carbocycles. The molecular weight excluding hydrogens is 376 g/mol. The minimum absolute atomic E-state index is 0.0150. The quantitative estimate of drug-likeness (QED) is 0.510. The van der Waals surface area contributed by atoms with Crippen molar-refractivity contribution in [1.82, 2.24) is 9.97 Å². The average molecular weight is 398 g/mol. The predicted octanol–water partition coefficient (Wildman–Crippen LogP) is 2.98. The van der Waals surface area contributed by atoms with Crippen molar-refractivity contribution in [2.24, 2.45) is 5.73 Å². The van der Waals surface area contributed by atoms with Crippen LogP contribution in [0.4, 0.5) is 5.82 Å². The van der Waals surface area contributed by atoms with E-state index < -0.39 is 17.9 Å². The number of aliphatic carboxylic acids is 1. The number of nitrogens with one attached hydrogen (secondary N) is 1. The minimum Gasteiger partial charge on any atom is -0.480 e. The lowest BCUT2D eigenvalue weighted by molar-refractivity contribution is -0.138. The molecule has 1 atom stereocenters. The van der Waals surface area contributed by atoms with Gasteiger partial charge in [0.25, 0.3) is 0 Å². The first-order valence-electron chi connectivity index (χ1n) is 9.07. The SMILES string of the molecule is CCc1cc2c(NC(CCC(N)=O)C(=O)O)nc(Cc3ccccc3)nc2s1. The number of carboxylic acids is 1. The third-order valence-corrected chi connectivity index (χ3v) is 5.51. The number of rotatable bonds is 9. The second-order valence-electron chi connectivity index (χ2n) is 6.48. The van der Waals surface area contributed by atoms with E-state index in [1.54, 1.807) is 11.3 Å². The summed E-state index contributed by atoms with van der Waals surface area (Å²) in [7, 11) is 0. The lowest BCUT2D eigenvalue weighted by Crippen LogP contribution is -2.31. The number of thiophene rings is 1. The van der Waals surface area contributed by atoms with Crippen LogP contribution >= 0.6 is 11.3 Å². The van der Waals surface area contributed by atoms with Crippen molar-refractivity contribution in [1.29, 1.82) is 0 Å². The molecule has 146 valence electrons. The summed E-state index contributed by atoms with van der Waals surface area (Å²) in [5.74, 6) is -0.494. The number of amides is 1. The lowest BCUT2D eigenvalue weighted by Gasteiger charge is -2.15.